The van der Waals surface area contributed by atoms with Crippen molar-refractivity contribution in [2.24, 2.45) is 0 Å². The number of sulfonamides is 1. The number of benzene rings is 1. The molecule has 2 aromatic heterocycles. The standard InChI is InChI=1S/C15H13Cl2N3O3S/c1-23-13-4-2-10(16)6-14(13)24(21,22)18-7-12-9-20-8-11(17)3-5-15(20)19-12/h2-6,8-9,18H,7H2,1H3. The largest absolute Gasteiger partial charge is 0.495 e. The van der Waals surface area contributed by atoms with Crippen molar-refractivity contribution < 1.29 is 13.2 Å². The molecule has 0 saturated heterocycles. The van der Waals surface area contributed by atoms with E-state index >= 15 is 0 Å². The molecule has 0 amide bonds. The average molecular weight is 386 g/mol. The molecule has 0 aliphatic heterocycles. The number of pyridine rings is 1. The quantitative estimate of drug-likeness (QED) is 0.731. The van der Waals surface area contributed by atoms with Crippen LogP contribution in [0, 0.1) is 0 Å². The van der Waals surface area contributed by atoms with Gasteiger partial charge in [-0.15, -0.1) is 0 Å². The first-order chi connectivity index (χ1) is 11.4. The predicted molar refractivity (Wildman–Crippen MR) is 92.2 cm³/mol. The normalized spacial score (nSPS) is 11.8. The Morgan fingerprint density at radius 1 is 1.17 bits per heavy atom. The molecule has 3 rings (SSSR count). The topological polar surface area (TPSA) is 72.7 Å². The third-order valence-corrected chi connectivity index (χ3v) is 5.20. The van der Waals surface area contributed by atoms with Gasteiger partial charge in [-0.1, -0.05) is 23.2 Å². The van der Waals surface area contributed by atoms with Crippen molar-refractivity contribution in [2.75, 3.05) is 7.11 Å². The summed E-state index contributed by atoms with van der Waals surface area (Å²) in [5.74, 6) is 0.216. The SMILES string of the molecule is COc1ccc(Cl)cc1S(=O)(=O)NCc1cn2cc(Cl)ccc2n1. The molecule has 2 heterocycles. The Bertz CT molecular complexity index is 1000. The Hall–Kier alpha value is -1.80. The van der Waals surface area contributed by atoms with E-state index in [4.69, 9.17) is 27.9 Å². The van der Waals surface area contributed by atoms with Gasteiger partial charge in [0.25, 0.3) is 0 Å². The van der Waals surface area contributed by atoms with Crippen LogP contribution in [0.1, 0.15) is 5.69 Å². The van der Waals surface area contributed by atoms with Gasteiger partial charge in [0.05, 0.1) is 24.4 Å². The van der Waals surface area contributed by atoms with E-state index < -0.39 is 10.0 Å². The fourth-order valence-electron chi connectivity index (χ4n) is 2.21. The summed E-state index contributed by atoms with van der Waals surface area (Å²) in [4.78, 5) is 4.31. The molecule has 126 valence electrons. The van der Waals surface area contributed by atoms with E-state index in [2.05, 4.69) is 9.71 Å². The lowest BCUT2D eigenvalue weighted by atomic mass is 10.3. The van der Waals surface area contributed by atoms with Crippen LogP contribution in [0.5, 0.6) is 5.75 Å². The smallest absolute Gasteiger partial charge is 0.244 e. The number of methoxy groups -OCH3 is 1. The second kappa shape index (κ2) is 6.60. The molecule has 1 N–H and O–H groups in total. The van der Waals surface area contributed by atoms with Crippen molar-refractivity contribution in [1.82, 2.24) is 14.1 Å². The fraction of sp³-hybridized carbons (Fsp3) is 0.133. The summed E-state index contributed by atoms with van der Waals surface area (Å²) in [5, 5.41) is 0.870. The van der Waals surface area contributed by atoms with Gasteiger partial charge in [-0.25, -0.2) is 18.1 Å². The number of hydrogen-bond donors (Lipinski definition) is 1. The highest BCUT2D eigenvalue weighted by molar-refractivity contribution is 7.89. The highest BCUT2D eigenvalue weighted by atomic mass is 35.5. The van der Waals surface area contributed by atoms with Crippen LogP contribution < -0.4 is 9.46 Å². The predicted octanol–water partition coefficient (Wildman–Crippen LogP) is 3.13. The first-order valence-corrected chi connectivity index (χ1v) is 9.09. The molecule has 24 heavy (non-hydrogen) atoms. The van der Waals surface area contributed by atoms with Crippen LogP contribution in [-0.4, -0.2) is 24.9 Å². The van der Waals surface area contributed by atoms with Crippen LogP contribution in [0.3, 0.4) is 0 Å². The van der Waals surface area contributed by atoms with Crippen molar-refractivity contribution >= 4 is 38.9 Å². The maximum absolute atomic E-state index is 12.5. The van der Waals surface area contributed by atoms with Gasteiger partial charge in [-0.2, -0.15) is 0 Å². The molecule has 0 bridgehead atoms. The van der Waals surface area contributed by atoms with Gasteiger partial charge in [-0.3, -0.25) is 0 Å². The highest BCUT2D eigenvalue weighted by Gasteiger charge is 2.20. The van der Waals surface area contributed by atoms with Crippen molar-refractivity contribution in [1.29, 1.82) is 0 Å². The Labute approximate surface area is 149 Å². The summed E-state index contributed by atoms with van der Waals surface area (Å²) in [5.41, 5.74) is 1.23. The van der Waals surface area contributed by atoms with Gasteiger partial charge < -0.3 is 9.14 Å². The van der Waals surface area contributed by atoms with Crippen LogP contribution in [0.15, 0.2) is 47.6 Å². The van der Waals surface area contributed by atoms with Crippen LogP contribution in [0.25, 0.3) is 5.65 Å². The number of fused-ring (bicyclic) bond motifs is 1. The average Bonchev–Trinajstić information content (AvgIpc) is 2.95. The molecular formula is C15H13Cl2N3O3S. The Morgan fingerprint density at radius 2 is 1.92 bits per heavy atom. The molecule has 0 unspecified atom stereocenters. The minimum Gasteiger partial charge on any atom is -0.495 e. The first kappa shape index (κ1) is 17.0. The minimum atomic E-state index is -3.80. The minimum absolute atomic E-state index is 0.0238. The number of nitrogens with one attached hydrogen (secondary N) is 1. The van der Waals surface area contributed by atoms with E-state index in [0.29, 0.717) is 21.4 Å². The molecule has 1 aromatic carbocycles. The summed E-state index contributed by atoms with van der Waals surface area (Å²) in [6, 6.07) is 7.87. The van der Waals surface area contributed by atoms with Gasteiger partial charge >= 0.3 is 0 Å². The third kappa shape index (κ3) is 3.49. The second-order valence-electron chi connectivity index (χ2n) is 4.96. The summed E-state index contributed by atoms with van der Waals surface area (Å²) >= 11 is 11.8. The molecule has 0 fully saturated rings. The van der Waals surface area contributed by atoms with Gasteiger partial charge in [0, 0.05) is 17.4 Å². The monoisotopic (exact) mass is 385 g/mol. The maximum Gasteiger partial charge on any atom is 0.244 e. The zero-order chi connectivity index (χ0) is 17.3. The van der Waals surface area contributed by atoms with Gasteiger partial charge in [-0.05, 0) is 30.3 Å². The third-order valence-electron chi connectivity index (χ3n) is 3.32. The number of halogens is 2. The second-order valence-corrected chi connectivity index (χ2v) is 7.57. The molecule has 6 nitrogen and oxygen atoms in total. The highest BCUT2D eigenvalue weighted by Crippen LogP contribution is 2.27. The van der Waals surface area contributed by atoms with E-state index in [0.717, 1.165) is 0 Å². The Kier molecular flexibility index (Phi) is 4.69. The maximum atomic E-state index is 12.5. The van der Waals surface area contributed by atoms with E-state index in [1.807, 2.05) is 0 Å². The van der Waals surface area contributed by atoms with E-state index in [1.165, 1.54) is 19.2 Å². The molecule has 0 atom stereocenters. The number of rotatable bonds is 5. The van der Waals surface area contributed by atoms with Crippen molar-refractivity contribution in [3.8, 4) is 5.75 Å². The van der Waals surface area contributed by atoms with Crippen LogP contribution in [0.4, 0.5) is 0 Å². The van der Waals surface area contributed by atoms with E-state index in [1.54, 1.807) is 35.0 Å². The molecule has 0 aliphatic carbocycles. The molecule has 0 aliphatic rings. The molecule has 3 aromatic rings. The van der Waals surface area contributed by atoms with Gasteiger partial charge in [0.1, 0.15) is 16.3 Å². The fourth-order valence-corrected chi connectivity index (χ4v) is 3.81. The first-order valence-electron chi connectivity index (χ1n) is 6.85. The summed E-state index contributed by atoms with van der Waals surface area (Å²) in [6.45, 7) is 0.0251. The number of ether oxygens (including phenoxy) is 1. The lowest BCUT2D eigenvalue weighted by Gasteiger charge is -2.10. The Balaban J connectivity index is 1.85. The van der Waals surface area contributed by atoms with Gasteiger partial charge in [0.15, 0.2) is 0 Å². The molecule has 9 heteroatoms. The summed E-state index contributed by atoms with van der Waals surface area (Å²) < 4.78 is 34.3. The Morgan fingerprint density at radius 3 is 2.67 bits per heavy atom. The lowest BCUT2D eigenvalue weighted by molar-refractivity contribution is 0.402. The molecule has 0 spiro atoms. The van der Waals surface area contributed by atoms with Crippen molar-refractivity contribution in [3.63, 3.8) is 0 Å². The molecular weight excluding hydrogens is 373 g/mol. The zero-order valence-corrected chi connectivity index (χ0v) is 14.9. The molecule has 0 radical (unpaired) electrons. The van der Waals surface area contributed by atoms with E-state index in [9.17, 15) is 8.42 Å². The van der Waals surface area contributed by atoms with E-state index in [-0.39, 0.29) is 17.2 Å². The van der Waals surface area contributed by atoms with Crippen LogP contribution in [-0.2, 0) is 16.6 Å². The number of nitrogens with zero attached hydrogens (tertiary/aromatic N) is 2. The van der Waals surface area contributed by atoms with Crippen molar-refractivity contribution in [3.05, 3.63) is 58.5 Å². The van der Waals surface area contributed by atoms with Gasteiger partial charge in [0.2, 0.25) is 10.0 Å². The summed E-state index contributed by atoms with van der Waals surface area (Å²) in [7, 11) is -2.41. The number of hydrogen-bond acceptors (Lipinski definition) is 4. The molecule has 0 saturated carbocycles. The number of imidazole rings is 1. The lowest BCUT2D eigenvalue weighted by Crippen LogP contribution is -2.24. The zero-order valence-electron chi connectivity index (χ0n) is 12.5. The number of aromatic nitrogens is 2. The summed E-state index contributed by atoms with van der Waals surface area (Å²) in [6.07, 6.45) is 3.40. The van der Waals surface area contributed by atoms with Crippen LogP contribution >= 0.6 is 23.2 Å². The van der Waals surface area contributed by atoms with Crippen molar-refractivity contribution in [2.45, 2.75) is 11.4 Å². The van der Waals surface area contributed by atoms with Crippen LogP contribution in [0.2, 0.25) is 10.0 Å².